The number of halogens is 4. The molecule has 6 nitrogen and oxygen atoms in total. The maximum absolute atomic E-state index is 12.6. The number of nitrogens with zero attached hydrogens (tertiary/aromatic N) is 4. The molecule has 3 aromatic rings. The molecule has 1 N–H and O–H groups in total. The monoisotopic (exact) mass is 367 g/mol. The van der Waals surface area contributed by atoms with Crippen molar-refractivity contribution in [2.45, 2.75) is 19.1 Å². The van der Waals surface area contributed by atoms with Gasteiger partial charge in [-0.2, -0.15) is 18.3 Å². The van der Waals surface area contributed by atoms with Crippen LogP contribution in [0.2, 0.25) is 5.02 Å². The molecule has 1 aromatic carbocycles. The van der Waals surface area contributed by atoms with Crippen molar-refractivity contribution in [3.63, 3.8) is 0 Å². The molecule has 0 atom stereocenters. The molecule has 10 heteroatoms. The van der Waals surface area contributed by atoms with E-state index in [1.807, 2.05) is 0 Å². The van der Waals surface area contributed by atoms with Crippen LogP contribution in [0.1, 0.15) is 5.56 Å². The highest BCUT2D eigenvalue weighted by Crippen LogP contribution is 2.37. The first-order valence-electron chi connectivity index (χ1n) is 7.19. The molecule has 1 aliphatic heterocycles. The number of carbonyl (C=O) groups excluding carboxylic acids is 1. The molecule has 0 saturated carbocycles. The Balaban J connectivity index is 1.80. The van der Waals surface area contributed by atoms with Crippen LogP contribution in [0.5, 0.6) is 0 Å². The van der Waals surface area contributed by atoms with Crippen LogP contribution in [0.3, 0.4) is 0 Å². The summed E-state index contributed by atoms with van der Waals surface area (Å²) in [5, 5.41) is 6.79. The highest BCUT2D eigenvalue weighted by molar-refractivity contribution is 6.34. The van der Waals surface area contributed by atoms with Gasteiger partial charge in [-0.05, 0) is 11.6 Å². The van der Waals surface area contributed by atoms with Crippen LogP contribution in [-0.4, -0.2) is 31.8 Å². The number of nitrogens with one attached hydrogen (secondary N) is 1. The molecule has 1 aliphatic rings. The van der Waals surface area contributed by atoms with Crippen molar-refractivity contribution >= 4 is 34.4 Å². The van der Waals surface area contributed by atoms with Crippen LogP contribution in [0.25, 0.3) is 22.4 Å². The van der Waals surface area contributed by atoms with Gasteiger partial charge in [0.25, 0.3) is 0 Å². The lowest BCUT2D eigenvalue weighted by molar-refractivity contribution is -0.141. The van der Waals surface area contributed by atoms with E-state index in [0.717, 1.165) is 4.68 Å². The lowest BCUT2D eigenvalue weighted by Crippen LogP contribution is -2.18. The lowest BCUT2D eigenvalue weighted by Gasteiger charge is -2.09. The van der Waals surface area contributed by atoms with E-state index in [2.05, 4.69) is 20.4 Å². The molecule has 2 aromatic heterocycles. The molecule has 0 bridgehead atoms. The van der Waals surface area contributed by atoms with E-state index in [4.69, 9.17) is 11.6 Å². The molecular weight excluding hydrogens is 359 g/mol. The Bertz CT molecular complexity index is 1010. The van der Waals surface area contributed by atoms with E-state index in [-0.39, 0.29) is 23.5 Å². The summed E-state index contributed by atoms with van der Waals surface area (Å²) in [5.74, 6) is -0.184. The van der Waals surface area contributed by atoms with Crippen molar-refractivity contribution in [1.82, 2.24) is 19.7 Å². The van der Waals surface area contributed by atoms with Gasteiger partial charge in [0.05, 0.1) is 35.2 Å². The van der Waals surface area contributed by atoms with Gasteiger partial charge < -0.3 is 5.32 Å². The Kier molecular flexibility index (Phi) is 3.43. The zero-order chi connectivity index (χ0) is 17.8. The Labute approximate surface area is 143 Å². The summed E-state index contributed by atoms with van der Waals surface area (Å²) in [4.78, 5) is 20.1. The highest BCUT2D eigenvalue weighted by atomic mass is 35.5. The third-order valence-electron chi connectivity index (χ3n) is 3.81. The molecule has 0 radical (unpaired) electrons. The van der Waals surface area contributed by atoms with Crippen molar-refractivity contribution < 1.29 is 18.0 Å². The Morgan fingerprint density at radius 2 is 2.08 bits per heavy atom. The normalized spacial score (nSPS) is 14.0. The molecule has 0 saturated heterocycles. The number of anilines is 1. The summed E-state index contributed by atoms with van der Waals surface area (Å²) >= 11 is 6.08. The number of amides is 1. The van der Waals surface area contributed by atoms with Gasteiger partial charge in [0.15, 0.2) is 5.65 Å². The van der Waals surface area contributed by atoms with Gasteiger partial charge in [-0.3, -0.25) is 4.79 Å². The van der Waals surface area contributed by atoms with Crippen molar-refractivity contribution in [2.24, 2.45) is 0 Å². The fraction of sp³-hybridized carbons (Fsp3) is 0.200. The van der Waals surface area contributed by atoms with Gasteiger partial charge in [-0.15, -0.1) is 0 Å². The predicted molar refractivity (Wildman–Crippen MR) is 84.2 cm³/mol. The third kappa shape index (κ3) is 2.80. The van der Waals surface area contributed by atoms with Gasteiger partial charge in [-0.25, -0.2) is 14.6 Å². The number of hydrogen-bond donors (Lipinski definition) is 1. The average molecular weight is 368 g/mol. The summed E-state index contributed by atoms with van der Waals surface area (Å²) < 4.78 is 38.4. The summed E-state index contributed by atoms with van der Waals surface area (Å²) in [7, 11) is 0. The molecular formula is C15H9ClF3N5O. The molecule has 0 aliphatic carbocycles. The number of rotatable bonds is 2. The van der Waals surface area contributed by atoms with Gasteiger partial charge in [0.2, 0.25) is 5.91 Å². The summed E-state index contributed by atoms with van der Waals surface area (Å²) in [6.45, 7) is -1.24. The van der Waals surface area contributed by atoms with E-state index in [0.29, 0.717) is 27.5 Å². The number of carbonyl (C=O) groups is 1. The second kappa shape index (κ2) is 5.41. The zero-order valence-corrected chi connectivity index (χ0v) is 13.2. The van der Waals surface area contributed by atoms with Crippen molar-refractivity contribution in [1.29, 1.82) is 0 Å². The average Bonchev–Trinajstić information content (AvgIpc) is 3.10. The largest absolute Gasteiger partial charge is 0.408 e. The van der Waals surface area contributed by atoms with Crippen LogP contribution in [0.15, 0.2) is 24.5 Å². The van der Waals surface area contributed by atoms with Crippen LogP contribution in [0.4, 0.5) is 18.9 Å². The SMILES string of the molecule is O=C1Cc2c(-c3cnc4c(cnn4CC(F)(F)F)n3)ccc(Cl)c2N1. The molecule has 1 amide bonds. The molecule has 25 heavy (non-hydrogen) atoms. The van der Waals surface area contributed by atoms with Crippen molar-refractivity contribution in [3.8, 4) is 11.3 Å². The van der Waals surface area contributed by atoms with Gasteiger partial charge in [0, 0.05) is 5.56 Å². The van der Waals surface area contributed by atoms with E-state index < -0.39 is 12.7 Å². The second-order valence-electron chi connectivity index (χ2n) is 5.55. The first kappa shape index (κ1) is 15.8. The molecule has 0 spiro atoms. The quantitative estimate of drug-likeness (QED) is 0.755. The molecule has 4 rings (SSSR count). The lowest BCUT2D eigenvalue weighted by atomic mass is 10.0. The van der Waals surface area contributed by atoms with E-state index in [1.165, 1.54) is 12.4 Å². The standard InChI is InChI=1S/C15H9ClF3N5O/c16-9-2-1-7(8-3-12(25)23-13(8)9)10-4-20-14-11(22-10)5-21-24(14)6-15(17,18)19/h1-2,4-5H,3,6H2,(H,23,25). The molecule has 3 heterocycles. The van der Waals surface area contributed by atoms with Crippen LogP contribution < -0.4 is 5.32 Å². The second-order valence-corrected chi connectivity index (χ2v) is 5.96. The number of fused-ring (bicyclic) bond motifs is 2. The zero-order valence-electron chi connectivity index (χ0n) is 12.4. The highest BCUT2D eigenvalue weighted by Gasteiger charge is 2.30. The van der Waals surface area contributed by atoms with E-state index in [9.17, 15) is 18.0 Å². The summed E-state index contributed by atoms with van der Waals surface area (Å²) in [6.07, 6.45) is -1.65. The fourth-order valence-electron chi connectivity index (χ4n) is 2.80. The number of aromatic nitrogens is 4. The summed E-state index contributed by atoms with van der Waals surface area (Å²) in [6, 6.07) is 3.33. The Morgan fingerprint density at radius 3 is 2.84 bits per heavy atom. The van der Waals surface area contributed by atoms with Gasteiger partial charge in [0.1, 0.15) is 12.1 Å². The van der Waals surface area contributed by atoms with Crippen molar-refractivity contribution in [2.75, 3.05) is 5.32 Å². The number of hydrogen-bond acceptors (Lipinski definition) is 4. The van der Waals surface area contributed by atoms with E-state index >= 15 is 0 Å². The maximum atomic E-state index is 12.6. The number of alkyl halides is 3. The van der Waals surface area contributed by atoms with Crippen LogP contribution in [-0.2, 0) is 17.8 Å². The summed E-state index contributed by atoms with van der Waals surface area (Å²) in [5.41, 5.74) is 2.58. The van der Waals surface area contributed by atoms with Gasteiger partial charge >= 0.3 is 6.18 Å². The van der Waals surface area contributed by atoms with Crippen LogP contribution >= 0.6 is 11.6 Å². The minimum atomic E-state index is -4.40. The maximum Gasteiger partial charge on any atom is 0.408 e. The van der Waals surface area contributed by atoms with Crippen molar-refractivity contribution in [3.05, 3.63) is 35.1 Å². The van der Waals surface area contributed by atoms with Crippen LogP contribution in [0, 0.1) is 0 Å². The molecule has 128 valence electrons. The molecule has 0 fully saturated rings. The molecule has 0 unspecified atom stereocenters. The predicted octanol–water partition coefficient (Wildman–Crippen LogP) is 3.20. The minimum absolute atomic E-state index is 0.0425. The van der Waals surface area contributed by atoms with Gasteiger partial charge in [-0.1, -0.05) is 17.7 Å². The Hall–Kier alpha value is -2.68. The first-order chi connectivity index (χ1) is 11.8. The topological polar surface area (TPSA) is 72.7 Å². The van der Waals surface area contributed by atoms with E-state index in [1.54, 1.807) is 12.1 Å². The first-order valence-corrected chi connectivity index (χ1v) is 7.56. The smallest absolute Gasteiger partial charge is 0.324 e. The fourth-order valence-corrected chi connectivity index (χ4v) is 3.02. The number of benzene rings is 1. The third-order valence-corrected chi connectivity index (χ3v) is 4.13. The Morgan fingerprint density at radius 1 is 1.28 bits per heavy atom. The minimum Gasteiger partial charge on any atom is -0.324 e.